The molecule has 0 bridgehead atoms. The summed E-state index contributed by atoms with van der Waals surface area (Å²) >= 11 is 1.71. The highest BCUT2D eigenvalue weighted by molar-refractivity contribution is 7.98. The second-order valence-electron chi connectivity index (χ2n) is 4.53. The Labute approximate surface area is 122 Å². The van der Waals surface area contributed by atoms with E-state index in [-0.39, 0.29) is 0 Å². The van der Waals surface area contributed by atoms with Gasteiger partial charge in [-0.05, 0) is 30.2 Å². The fourth-order valence-corrected chi connectivity index (χ4v) is 3.01. The Hall–Kier alpha value is -2.07. The highest BCUT2D eigenvalue weighted by Gasteiger charge is 2.07. The minimum atomic E-state index is 0.901. The zero-order valence-corrected chi connectivity index (χ0v) is 12.0. The fraction of sp³-hybridized carbons (Fsp3) is 0.125. The molecule has 0 spiro atoms. The number of aromatic nitrogens is 3. The molecule has 1 aromatic heterocycles. The molecule has 0 fully saturated rings. The highest BCUT2D eigenvalue weighted by atomic mass is 32.2. The van der Waals surface area contributed by atoms with Gasteiger partial charge in [0.25, 0.3) is 0 Å². The van der Waals surface area contributed by atoms with E-state index >= 15 is 0 Å². The van der Waals surface area contributed by atoms with E-state index in [9.17, 15) is 0 Å². The van der Waals surface area contributed by atoms with Crippen LogP contribution in [0, 0.1) is 6.92 Å². The van der Waals surface area contributed by atoms with Crippen LogP contribution in [0.5, 0.6) is 0 Å². The molecule has 0 amide bonds. The minimum absolute atomic E-state index is 0.901. The number of rotatable bonds is 4. The standard InChI is InChI=1S/C16H15N3S/c1-13-7-5-6-8-14(13)11-20-16-18-17-12-19(16)15-9-3-2-4-10-15/h2-10,12H,11H2,1H3. The summed E-state index contributed by atoms with van der Waals surface area (Å²) in [5.41, 5.74) is 3.73. The van der Waals surface area contributed by atoms with Crippen LogP contribution in [0.1, 0.15) is 11.1 Å². The normalized spacial score (nSPS) is 10.7. The van der Waals surface area contributed by atoms with Crippen LogP contribution in [0.15, 0.2) is 66.1 Å². The van der Waals surface area contributed by atoms with Gasteiger partial charge in [-0.25, -0.2) is 0 Å². The maximum Gasteiger partial charge on any atom is 0.195 e. The molecular weight excluding hydrogens is 266 g/mol. The third-order valence-electron chi connectivity index (χ3n) is 3.17. The molecule has 0 N–H and O–H groups in total. The molecule has 0 aliphatic carbocycles. The number of thioether (sulfide) groups is 1. The van der Waals surface area contributed by atoms with E-state index in [0.29, 0.717) is 0 Å². The van der Waals surface area contributed by atoms with Crippen molar-refractivity contribution in [3.05, 3.63) is 72.1 Å². The molecule has 4 heteroatoms. The van der Waals surface area contributed by atoms with E-state index in [2.05, 4.69) is 53.5 Å². The molecule has 0 atom stereocenters. The van der Waals surface area contributed by atoms with Crippen molar-refractivity contribution in [1.29, 1.82) is 0 Å². The predicted molar refractivity (Wildman–Crippen MR) is 82.1 cm³/mol. The first-order valence-corrected chi connectivity index (χ1v) is 7.46. The number of benzene rings is 2. The summed E-state index contributed by atoms with van der Waals surface area (Å²) < 4.78 is 2.02. The van der Waals surface area contributed by atoms with E-state index in [0.717, 1.165) is 16.6 Å². The number of hydrogen-bond donors (Lipinski definition) is 0. The van der Waals surface area contributed by atoms with Crippen molar-refractivity contribution in [3.63, 3.8) is 0 Å². The SMILES string of the molecule is Cc1ccccc1CSc1nncn1-c1ccccc1. The Morgan fingerprint density at radius 1 is 1.00 bits per heavy atom. The lowest BCUT2D eigenvalue weighted by molar-refractivity contribution is 0.883. The monoisotopic (exact) mass is 281 g/mol. The minimum Gasteiger partial charge on any atom is -0.277 e. The van der Waals surface area contributed by atoms with Crippen molar-refractivity contribution in [2.24, 2.45) is 0 Å². The Morgan fingerprint density at radius 3 is 2.55 bits per heavy atom. The van der Waals surface area contributed by atoms with E-state index in [1.54, 1.807) is 18.1 Å². The zero-order valence-electron chi connectivity index (χ0n) is 11.2. The van der Waals surface area contributed by atoms with Crippen LogP contribution in [0.2, 0.25) is 0 Å². The topological polar surface area (TPSA) is 30.7 Å². The maximum atomic E-state index is 4.21. The summed E-state index contributed by atoms with van der Waals surface area (Å²) in [5.74, 6) is 0.901. The van der Waals surface area contributed by atoms with E-state index in [1.807, 2.05) is 22.8 Å². The average molecular weight is 281 g/mol. The van der Waals surface area contributed by atoms with Gasteiger partial charge in [-0.15, -0.1) is 10.2 Å². The van der Waals surface area contributed by atoms with Crippen molar-refractivity contribution >= 4 is 11.8 Å². The van der Waals surface area contributed by atoms with Gasteiger partial charge in [-0.1, -0.05) is 54.2 Å². The van der Waals surface area contributed by atoms with Crippen LogP contribution in [0.4, 0.5) is 0 Å². The van der Waals surface area contributed by atoms with Gasteiger partial charge in [0.2, 0.25) is 0 Å². The van der Waals surface area contributed by atoms with Crippen LogP contribution in [-0.2, 0) is 5.75 Å². The molecule has 100 valence electrons. The van der Waals surface area contributed by atoms with E-state index < -0.39 is 0 Å². The van der Waals surface area contributed by atoms with Gasteiger partial charge in [0.05, 0.1) is 0 Å². The molecular formula is C16H15N3S. The lowest BCUT2D eigenvalue weighted by Gasteiger charge is -2.07. The summed E-state index contributed by atoms with van der Waals surface area (Å²) in [7, 11) is 0. The first-order valence-electron chi connectivity index (χ1n) is 6.47. The number of para-hydroxylation sites is 1. The van der Waals surface area contributed by atoms with Gasteiger partial charge in [0, 0.05) is 11.4 Å². The van der Waals surface area contributed by atoms with Crippen molar-refractivity contribution in [2.75, 3.05) is 0 Å². The quantitative estimate of drug-likeness (QED) is 0.680. The largest absolute Gasteiger partial charge is 0.277 e. The Bertz CT molecular complexity index is 692. The number of hydrogen-bond acceptors (Lipinski definition) is 3. The average Bonchev–Trinajstić information content (AvgIpc) is 2.96. The Kier molecular flexibility index (Phi) is 3.83. The van der Waals surface area contributed by atoms with Crippen molar-refractivity contribution in [2.45, 2.75) is 17.8 Å². The fourth-order valence-electron chi connectivity index (χ4n) is 2.00. The van der Waals surface area contributed by atoms with Crippen molar-refractivity contribution < 1.29 is 0 Å². The van der Waals surface area contributed by atoms with Crippen LogP contribution >= 0.6 is 11.8 Å². The van der Waals surface area contributed by atoms with Crippen LogP contribution in [0.3, 0.4) is 0 Å². The first kappa shape index (κ1) is 12.9. The van der Waals surface area contributed by atoms with Crippen molar-refractivity contribution in [3.8, 4) is 5.69 Å². The first-order chi connectivity index (χ1) is 9.84. The Morgan fingerprint density at radius 2 is 1.75 bits per heavy atom. The molecule has 3 rings (SSSR count). The summed E-state index contributed by atoms with van der Waals surface area (Å²) in [6, 6.07) is 18.6. The van der Waals surface area contributed by atoms with Crippen LogP contribution in [-0.4, -0.2) is 14.8 Å². The second kappa shape index (κ2) is 5.92. The molecule has 2 aromatic carbocycles. The van der Waals surface area contributed by atoms with Gasteiger partial charge in [0.15, 0.2) is 5.16 Å². The third kappa shape index (κ3) is 2.75. The van der Waals surface area contributed by atoms with Gasteiger partial charge in [0.1, 0.15) is 6.33 Å². The lowest BCUT2D eigenvalue weighted by atomic mass is 10.1. The predicted octanol–water partition coefficient (Wildman–Crippen LogP) is 3.87. The lowest BCUT2D eigenvalue weighted by Crippen LogP contribution is -1.95. The van der Waals surface area contributed by atoms with Gasteiger partial charge in [-0.2, -0.15) is 0 Å². The Balaban J connectivity index is 1.80. The zero-order chi connectivity index (χ0) is 13.8. The van der Waals surface area contributed by atoms with Crippen LogP contribution < -0.4 is 0 Å². The molecule has 1 heterocycles. The molecule has 0 saturated carbocycles. The van der Waals surface area contributed by atoms with E-state index in [1.165, 1.54) is 11.1 Å². The number of aryl methyl sites for hydroxylation is 1. The molecule has 0 saturated heterocycles. The highest BCUT2D eigenvalue weighted by Crippen LogP contribution is 2.24. The molecule has 3 nitrogen and oxygen atoms in total. The van der Waals surface area contributed by atoms with Gasteiger partial charge in [-0.3, -0.25) is 4.57 Å². The maximum absolute atomic E-state index is 4.21. The number of nitrogens with zero attached hydrogens (tertiary/aromatic N) is 3. The smallest absolute Gasteiger partial charge is 0.195 e. The molecule has 0 aliphatic heterocycles. The summed E-state index contributed by atoms with van der Waals surface area (Å²) in [6.45, 7) is 2.14. The molecule has 0 unspecified atom stereocenters. The summed E-state index contributed by atoms with van der Waals surface area (Å²) in [4.78, 5) is 0. The molecule has 0 aliphatic rings. The summed E-state index contributed by atoms with van der Waals surface area (Å²) in [6.07, 6.45) is 1.76. The third-order valence-corrected chi connectivity index (χ3v) is 4.16. The van der Waals surface area contributed by atoms with Crippen molar-refractivity contribution in [1.82, 2.24) is 14.8 Å². The molecule has 0 radical (unpaired) electrons. The second-order valence-corrected chi connectivity index (χ2v) is 5.48. The van der Waals surface area contributed by atoms with Gasteiger partial charge < -0.3 is 0 Å². The molecule has 3 aromatic rings. The molecule has 20 heavy (non-hydrogen) atoms. The van der Waals surface area contributed by atoms with E-state index in [4.69, 9.17) is 0 Å². The van der Waals surface area contributed by atoms with Gasteiger partial charge >= 0.3 is 0 Å². The van der Waals surface area contributed by atoms with Crippen LogP contribution in [0.25, 0.3) is 5.69 Å². The summed E-state index contributed by atoms with van der Waals surface area (Å²) in [5, 5.41) is 9.15.